The number of hydrogen-bond donors (Lipinski definition) is 0. The molecule has 2 heterocycles. The normalized spacial score (nSPS) is 16.4. The maximum absolute atomic E-state index is 12.6. The molecule has 8 heteroatoms. The summed E-state index contributed by atoms with van der Waals surface area (Å²) in [5.74, 6) is 1.55. The molecule has 3 aromatic rings. The van der Waals surface area contributed by atoms with Crippen molar-refractivity contribution in [3.05, 3.63) is 54.2 Å². The first kappa shape index (κ1) is 20.2. The van der Waals surface area contributed by atoms with Crippen molar-refractivity contribution in [3.8, 4) is 11.5 Å². The fraction of sp³-hybridized carbons (Fsp3) is 0.364. The number of benzene rings is 2. The van der Waals surface area contributed by atoms with Crippen LogP contribution in [0.25, 0.3) is 10.8 Å². The molecule has 0 saturated carbocycles. The Bertz CT molecular complexity index is 1010. The number of amides is 1. The maximum Gasteiger partial charge on any atom is 0.275 e. The third-order valence-electron chi connectivity index (χ3n) is 4.86. The summed E-state index contributed by atoms with van der Waals surface area (Å²) in [6, 6.07) is 11.6. The van der Waals surface area contributed by atoms with Gasteiger partial charge < -0.3 is 28.3 Å². The van der Waals surface area contributed by atoms with Crippen LogP contribution in [0.4, 0.5) is 0 Å². The number of fused-ring (bicyclic) bond motifs is 1. The smallest absolute Gasteiger partial charge is 0.275 e. The van der Waals surface area contributed by atoms with E-state index in [2.05, 4.69) is 4.98 Å². The van der Waals surface area contributed by atoms with Crippen molar-refractivity contribution in [2.45, 2.75) is 12.7 Å². The van der Waals surface area contributed by atoms with Crippen molar-refractivity contribution in [1.82, 2.24) is 9.88 Å². The molecule has 1 aromatic heterocycles. The number of aromatic nitrogens is 1. The van der Waals surface area contributed by atoms with Crippen LogP contribution in [0.5, 0.6) is 11.5 Å². The van der Waals surface area contributed by atoms with Gasteiger partial charge in [0.2, 0.25) is 5.89 Å². The van der Waals surface area contributed by atoms with Gasteiger partial charge in [0.05, 0.1) is 33.0 Å². The van der Waals surface area contributed by atoms with Crippen molar-refractivity contribution < 1.29 is 28.2 Å². The summed E-state index contributed by atoms with van der Waals surface area (Å²) in [6.07, 6.45) is 1.22. The second kappa shape index (κ2) is 9.15. The van der Waals surface area contributed by atoms with Gasteiger partial charge in [-0.15, -0.1) is 0 Å². The predicted molar refractivity (Wildman–Crippen MR) is 109 cm³/mol. The Morgan fingerprint density at radius 3 is 2.73 bits per heavy atom. The number of ether oxygens (including phenoxy) is 4. The molecule has 0 bridgehead atoms. The quantitative estimate of drug-likeness (QED) is 0.590. The van der Waals surface area contributed by atoms with E-state index in [4.69, 9.17) is 23.4 Å². The third kappa shape index (κ3) is 4.72. The number of nitrogens with zero attached hydrogens (tertiary/aromatic N) is 2. The van der Waals surface area contributed by atoms with E-state index >= 15 is 0 Å². The lowest BCUT2D eigenvalue weighted by atomic mass is 10.1. The van der Waals surface area contributed by atoms with E-state index in [-0.39, 0.29) is 24.3 Å². The van der Waals surface area contributed by atoms with E-state index in [1.807, 2.05) is 36.4 Å². The van der Waals surface area contributed by atoms with E-state index < -0.39 is 0 Å². The Kier molecular flexibility index (Phi) is 6.15. The number of rotatable bonds is 7. The Balaban J connectivity index is 1.36. The zero-order valence-corrected chi connectivity index (χ0v) is 17.0. The van der Waals surface area contributed by atoms with E-state index in [1.165, 1.54) is 6.26 Å². The summed E-state index contributed by atoms with van der Waals surface area (Å²) in [4.78, 5) is 18.4. The van der Waals surface area contributed by atoms with Crippen molar-refractivity contribution in [1.29, 1.82) is 0 Å². The second-order valence-electron chi connectivity index (χ2n) is 7.04. The molecule has 1 saturated heterocycles. The number of methoxy groups -OCH3 is 1. The number of likely N-dealkylation sites (N-methyl/N-ethyl adjacent to an activating group) is 1. The molecule has 0 radical (unpaired) electrons. The van der Waals surface area contributed by atoms with Gasteiger partial charge >= 0.3 is 0 Å². The van der Waals surface area contributed by atoms with Crippen LogP contribution in [0.2, 0.25) is 0 Å². The van der Waals surface area contributed by atoms with E-state index in [0.717, 1.165) is 16.5 Å². The molecule has 0 aliphatic carbocycles. The third-order valence-corrected chi connectivity index (χ3v) is 4.86. The summed E-state index contributed by atoms with van der Waals surface area (Å²) in [5.41, 5.74) is 0.232. The number of oxazole rings is 1. The van der Waals surface area contributed by atoms with Gasteiger partial charge in [-0.05, 0) is 35.0 Å². The zero-order valence-electron chi connectivity index (χ0n) is 17.0. The molecule has 158 valence electrons. The van der Waals surface area contributed by atoms with Gasteiger partial charge in [0.15, 0.2) is 12.3 Å². The topological polar surface area (TPSA) is 83.3 Å². The minimum Gasteiger partial charge on any atom is -0.497 e. The summed E-state index contributed by atoms with van der Waals surface area (Å²) in [7, 11) is 3.34. The van der Waals surface area contributed by atoms with Crippen molar-refractivity contribution in [2.24, 2.45) is 0 Å². The highest BCUT2D eigenvalue weighted by Gasteiger charge is 2.22. The van der Waals surface area contributed by atoms with Crippen LogP contribution in [0.1, 0.15) is 16.4 Å². The fourth-order valence-electron chi connectivity index (χ4n) is 3.27. The summed E-state index contributed by atoms with van der Waals surface area (Å²) in [6.45, 7) is 2.16. The fourth-order valence-corrected chi connectivity index (χ4v) is 3.27. The molecule has 2 aromatic carbocycles. The van der Waals surface area contributed by atoms with Gasteiger partial charge in [-0.3, -0.25) is 4.79 Å². The standard InChI is InChI=1S/C22H24N2O6/c1-24(11-19-12-27-7-8-28-19)22(25)20-13-30-21(23-20)14-29-18-6-4-15-3-5-17(26-2)9-16(15)10-18/h3-6,9-10,13,19H,7-8,11-12,14H2,1-2H3. The summed E-state index contributed by atoms with van der Waals surface area (Å²) < 4.78 is 27.4. The number of hydrogen-bond acceptors (Lipinski definition) is 7. The van der Waals surface area contributed by atoms with Gasteiger partial charge in [-0.25, -0.2) is 4.98 Å². The van der Waals surface area contributed by atoms with Gasteiger partial charge in [0.1, 0.15) is 17.8 Å². The van der Waals surface area contributed by atoms with Crippen LogP contribution in [-0.2, 0) is 16.1 Å². The number of carbonyl (C=O) groups excluding carboxylic acids is 1. The minimum atomic E-state index is -0.239. The van der Waals surface area contributed by atoms with Gasteiger partial charge in [-0.1, -0.05) is 12.1 Å². The van der Waals surface area contributed by atoms with E-state index in [9.17, 15) is 4.79 Å². The molecule has 1 amide bonds. The molecule has 4 rings (SSSR count). The molecule has 1 aliphatic rings. The second-order valence-corrected chi connectivity index (χ2v) is 7.04. The molecule has 1 aliphatic heterocycles. The predicted octanol–water partition coefficient (Wildman–Crippen LogP) is 2.90. The molecule has 1 atom stereocenters. The lowest BCUT2D eigenvalue weighted by Gasteiger charge is -2.27. The Hall–Kier alpha value is -3.10. The van der Waals surface area contributed by atoms with Crippen LogP contribution in [0.15, 0.2) is 47.1 Å². The summed E-state index contributed by atoms with van der Waals surface area (Å²) in [5, 5.41) is 2.09. The first-order chi connectivity index (χ1) is 14.6. The molecular weight excluding hydrogens is 388 g/mol. The highest BCUT2D eigenvalue weighted by molar-refractivity contribution is 5.91. The van der Waals surface area contributed by atoms with Crippen LogP contribution in [-0.4, -0.2) is 62.4 Å². The molecule has 1 unspecified atom stereocenters. The van der Waals surface area contributed by atoms with Gasteiger partial charge in [0.25, 0.3) is 5.91 Å². The van der Waals surface area contributed by atoms with E-state index in [0.29, 0.717) is 38.0 Å². The number of carbonyl (C=O) groups is 1. The lowest BCUT2D eigenvalue weighted by Crippen LogP contribution is -2.40. The van der Waals surface area contributed by atoms with Crippen LogP contribution in [0.3, 0.4) is 0 Å². The molecule has 1 fully saturated rings. The first-order valence-electron chi connectivity index (χ1n) is 9.72. The average Bonchev–Trinajstić information content (AvgIpc) is 3.26. The Morgan fingerprint density at radius 2 is 1.97 bits per heavy atom. The van der Waals surface area contributed by atoms with Crippen molar-refractivity contribution >= 4 is 16.7 Å². The molecule has 0 N–H and O–H groups in total. The van der Waals surface area contributed by atoms with Crippen molar-refractivity contribution in [3.63, 3.8) is 0 Å². The Morgan fingerprint density at radius 1 is 1.17 bits per heavy atom. The maximum atomic E-state index is 12.6. The molecular formula is C22H24N2O6. The van der Waals surface area contributed by atoms with Crippen LogP contribution in [0, 0.1) is 0 Å². The van der Waals surface area contributed by atoms with Gasteiger partial charge in [-0.2, -0.15) is 0 Å². The summed E-state index contributed by atoms with van der Waals surface area (Å²) >= 11 is 0. The average molecular weight is 412 g/mol. The van der Waals surface area contributed by atoms with Gasteiger partial charge in [0, 0.05) is 13.6 Å². The molecule has 0 spiro atoms. The zero-order chi connectivity index (χ0) is 20.9. The largest absolute Gasteiger partial charge is 0.497 e. The molecule has 30 heavy (non-hydrogen) atoms. The first-order valence-corrected chi connectivity index (χ1v) is 9.72. The van der Waals surface area contributed by atoms with E-state index in [1.54, 1.807) is 19.1 Å². The molecule has 8 nitrogen and oxygen atoms in total. The highest BCUT2D eigenvalue weighted by Crippen LogP contribution is 2.25. The monoisotopic (exact) mass is 412 g/mol. The lowest BCUT2D eigenvalue weighted by molar-refractivity contribution is -0.0933. The van der Waals surface area contributed by atoms with Crippen molar-refractivity contribution in [2.75, 3.05) is 40.5 Å². The Labute approximate surface area is 174 Å². The highest BCUT2D eigenvalue weighted by atomic mass is 16.6. The van der Waals surface area contributed by atoms with Crippen LogP contribution < -0.4 is 9.47 Å². The van der Waals surface area contributed by atoms with Crippen LogP contribution >= 0.6 is 0 Å². The minimum absolute atomic E-state index is 0.117. The SMILES string of the molecule is COc1ccc2ccc(OCc3nc(C(=O)N(C)CC4COCCO4)co3)cc2c1.